The first-order valence-electron chi connectivity index (χ1n) is 3.44. The molecule has 0 spiro atoms. The molecule has 0 aromatic heterocycles. The first-order chi connectivity index (χ1) is 4.27. The zero-order chi connectivity index (χ0) is 7.11. The van der Waals surface area contributed by atoms with Crippen molar-refractivity contribution < 1.29 is 9.84 Å². The van der Waals surface area contributed by atoms with Gasteiger partial charge in [-0.1, -0.05) is 0 Å². The maximum Gasteiger partial charge on any atom is 0.0512 e. The average Bonchev–Trinajstić information content (AvgIpc) is 1.80. The second-order valence-electron chi connectivity index (χ2n) is 2.34. The third kappa shape index (κ3) is 7.92. The van der Waals surface area contributed by atoms with Crippen LogP contribution in [0.5, 0.6) is 0 Å². The highest BCUT2D eigenvalue weighted by Crippen LogP contribution is 1.98. The number of ether oxygens (including phenoxy) is 1. The van der Waals surface area contributed by atoms with Crippen molar-refractivity contribution in [1.82, 2.24) is 0 Å². The van der Waals surface area contributed by atoms with Gasteiger partial charge in [-0.15, -0.1) is 0 Å². The fraction of sp³-hybridized carbons (Fsp3) is 1.00. The summed E-state index contributed by atoms with van der Waals surface area (Å²) in [6.45, 7) is 2.62. The number of aliphatic hydroxyl groups is 1. The number of methoxy groups -OCH3 is 1. The van der Waals surface area contributed by atoms with Crippen LogP contribution in [-0.2, 0) is 4.74 Å². The molecule has 0 aromatic carbocycles. The molecular weight excluding hydrogens is 116 g/mol. The fourth-order valence-electron chi connectivity index (χ4n) is 0.686. The average molecular weight is 132 g/mol. The lowest BCUT2D eigenvalue weighted by Gasteiger charge is -2.01. The lowest BCUT2D eigenvalue weighted by Crippen LogP contribution is -1.99. The predicted molar refractivity (Wildman–Crippen MR) is 37.4 cm³/mol. The van der Waals surface area contributed by atoms with E-state index in [9.17, 15) is 0 Å². The predicted octanol–water partition coefficient (Wildman–Crippen LogP) is 1.18. The van der Waals surface area contributed by atoms with Crippen LogP contribution in [0.25, 0.3) is 0 Å². The molecule has 0 rings (SSSR count). The Kier molecular flexibility index (Phi) is 5.99. The van der Waals surface area contributed by atoms with Crippen molar-refractivity contribution in [2.45, 2.75) is 32.3 Å². The van der Waals surface area contributed by atoms with Gasteiger partial charge in [0.25, 0.3) is 0 Å². The van der Waals surface area contributed by atoms with Gasteiger partial charge in [0.2, 0.25) is 0 Å². The second kappa shape index (κ2) is 6.05. The minimum atomic E-state index is -0.151. The first-order valence-corrected chi connectivity index (χ1v) is 3.44. The molecule has 9 heavy (non-hydrogen) atoms. The largest absolute Gasteiger partial charge is 0.393 e. The highest BCUT2D eigenvalue weighted by molar-refractivity contribution is 4.46. The van der Waals surface area contributed by atoms with Crippen LogP contribution in [0.3, 0.4) is 0 Å². The third-order valence-electron chi connectivity index (χ3n) is 1.22. The molecule has 0 fully saturated rings. The highest BCUT2D eigenvalue weighted by Gasteiger charge is 1.93. The van der Waals surface area contributed by atoms with Crippen molar-refractivity contribution in [3.8, 4) is 0 Å². The van der Waals surface area contributed by atoms with E-state index in [4.69, 9.17) is 9.84 Å². The molecule has 0 radical (unpaired) electrons. The van der Waals surface area contributed by atoms with Crippen LogP contribution in [0.15, 0.2) is 0 Å². The number of hydrogen-bond acceptors (Lipinski definition) is 2. The minimum Gasteiger partial charge on any atom is -0.393 e. The SMILES string of the molecule is COCCCC[C@H](C)O. The van der Waals surface area contributed by atoms with Gasteiger partial charge in [-0.05, 0) is 26.2 Å². The van der Waals surface area contributed by atoms with E-state index in [1.54, 1.807) is 7.11 Å². The van der Waals surface area contributed by atoms with Crippen molar-refractivity contribution >= 4 is 0 Å². The molecule has 1 atom stereocenters. The van der Waals surface area contributed by atoms with Gasteiger partial charge in [-0.25, -0.2) is 0 Å². The van der Waals surface area contributed by atoms with Crippen LogP contribution in [0, 0.1) is 0 Å². The Morgan fingerprint density at radius 2 is 2.11 bits per heavy atom. The Bertz CT molecular complexity index is 52.9. The van der Waals surface area contributed by atoms with Crippen LogP contribution < -0.4 is 0 Å². The summed E-state index contributed by atoms with van der Waals surface area (Å²) >= 11 is 0. The molecule has 0 bridgehead atoms. The van der Waals surface area contributed by atoms with E-state index in [1.165, 1.54) is 0 Å². The molecule has 0 aliphatic carbocycles. The van der Waals surface area contributed by atoms with E-state index >= 15 is 0 Å². The van der Waals surface area contributed by atoms with Crippen molar-refractivity contribution in [2.24, 2.45) is 0 Å². The summed E-state index contributed by atoms with van der Waals surface area (Å²) in [7, 11) is 1.70. The lowest BCUT2D eigenvalue weighted by atomic mass is 10.2. The van der Waals surface area contributed by atoms with E-state index in [0.29, 0.717) is 0 Å². The van der Waals surface area contributed by atoms with Crippen LogP contribution in [0.2, 0.25) is 0 Å². The molecule has 0 saturated carbocycles. The molecule has 0 saturated heterocycles. The number of hydrogen-bond donors (Lipinski definition) is 1. The molecule has 0 aromatic rings. The highest BCUT2D eigenvalue weighted by atomic mass is 16.5. The van der Waals surface area contributed by atoms with Crippen LogP contribution in [0.4, 0.5) is 0 Å². The molecule has 0 aliphatic rings. The zero-order valence-electron chi connectivity index (χ0n) is 6.26. The summed E-state index contributed by atoms with van der Waals surface area (Å²) < 4.78 is 4.84. The smallest absolute Gasteiger partial charge is 0.0512 e. The molecule has 2 heteroatoms. The summed E-state index contributed by atoms with van der Waals surface area (Å²) in [5, 5.41) is 8.81. The van der Waals surface area contributed by atoms with Crippen molar-refractivity contribution in [3.63, 3.8) is 0 Å². The maximum atomic E-state index is 8.81. The molecule has 0 amide bonds. The number of unbranched alkanes of at least 4 members (excludes halogenated alkanes) is 1. The summed E-state index contributed by atoms with van der Waals surface area (Å²) in [6, 6.07) is 0. The second-order valence-corrected chi connectivity index (χ2v) is 2.34. The van der Waals surface area contributed by atoms with Gasteiger partial charge in [0, 0.05) is 13.7 Å². The quantitative estimate of drug-likeness (QED) is 0.569. The Morgan fingerprint density at radius 1 is 1.44 bits per heavy atom. The number of aliphatic hydroxyl groups excluding tert-OH is 1. The molecule has 56 valence electrons. The van der Waals surface area contributed by atoms with E-state index < -0.39 is 0 Å². The molecule has 0 heterocycles. The normalized spacial score (nSPS) is 13.7. The molecule has 2 nitrogen and oxygen atoms in total. The third-order valence-corrected chi connectivity index (χ3v) is 1.22. The fourth-order valence-corrected chi connectivity index (χ4v) is 0.686. The van der Waals surface area contributed by atoms with Crippen molar-refractivity contribution in [2.75, 3.05) is 13.7 Å². The van der Waals surface area contributed by atoms with E-state index in [-0.39, 0.29) is 6.10 Å². The van der Waals surface area contributed by atoms with Gasteiger partial charge < -0.3 is 9.84 Å². The van der Waals surface area contributed by atoms with Crippen molar-refractivity contribution in [3.05, 3.63) is 0 Å². The van der Waals surface area contributed by atoms with E-state index in [1.807, 2.05) is 6.92 Å². The van der Waals surface area contributed by atoms with Crippen LogP contribution in [-0.4, -0.2) is 24.9 Å². The topological polar surface area (TPSA) is 29.5 Å². The van der Waals surface area contributed by atoms with Gasteiger partial charge >= 0.3 is 0 Å². The van der Waals surface area contributed by atoms with Gasteiger partial charge in [0.15, 0.2) is 0 Å². The maximum absolute atomic E-state index is 8.81. The lowest BCUT2D eigenvalue weighted by molar-refractivity contribution is 0.162. The van der Waals surface area contributed by atoms with E-state index in [2.05, 4.69) is 0 Å². The summed E-state index contributed by atoms with van der Waals surface area (Å²) in [6.07, 6.45) is 2.86. The molecule has 1 N–H and O–H groups in total. The summed E-state index contributed by atoms with van der Waals surface area (Å²) in [4.78, 5) is 0. The van der Waals surface area contributed by atoms with Gasteiger partial charge in [-0.2, -0.15) is 0 Å². The van der Waals surface area contributed by atoms with E-state index in [0.717, 1.165) is 25.9 Å². The molecular formula is C7H16O2. The summed E-state index contributed by atoms with van der Waals surface area (Å²) in [5.41, 5.74) is 0. The van der Waals surface area contributed by atoms with Gasteiger partial charge in [0.1, 0.15) is 0 Å². The minimum absolute atomic E-state index is 0.151. The Balaban J connectivity index is 2.75. The Morgan fingerprint density at radius 3 is 2.56 bits per heavy atom. The Hall–Kier alpha value is -0.0800. The first kappa shape index (κ1) is 8.92. The molecule has 0 aliphatic heterocycles. The Labute approximate surface area is 56.8 Å². The van der Waals surface area contributed by atoms with Gasteiger partial charge in [0.05, 0.1) is 6.10 Å². The van der Waals surface area contributed by atoms with Crippen LogP contribution in [0.1, 0.15) is 26.2 Å². The zero-order valence-corrected chi connectivity index (χ0v) is 6.26. The van der Waals surface area contributed by atoms with Crippen molar-refractivity contribution in [1.29, 1.82) is 0 Å². The molecule has 0 unspecified atom stereocenters. The standard InChI is InChI=1S/C7H16O2/c1-7(8)5-3-4-6-9-2/h7-8H,3-6H2,1-2H3/t7-/m0/s1. The summed E-state index contributed by atoms with van der Waals surface area (Å²) in [5.74, 6) is 0. The van der Waals surface area contributed by atoms with Crippen LogP contribution >= 0.6 is 0 Å². The van der Waals surface area contributed by atoms with Gasteiger partial charge in [-0.3, -0.25) is 0 Å². The monoisotopic (exact) mass is 132 g/mol. The number of rotatable bonds is 5.